The Bertz CT molecular complexity index is 1040. The zero-order valence-corrected chi connectivity index (χ0v) is 19.3. The Morgan fingerprint density at radius 3 is 2.52 bits per heavy atom. The molecular formula is C24H26F3N3O2S. The van der Waals surface area contributed by atoms with Gasteiger partial charge < -0.3 is 4.74 Å². The number of nitrogens with one attached hydrogen (secondary N) is 2. The number of ether oxygens (including phenoxy) is 1. The molecule has 0 radical (unpaired) electrons. The summed E-state index contributed by atoms with van der Waals surface area (Å²) < 4.78 is 45.6. The van der Waals surface area contributed by atoms with Gasteiger partial charge >= 0.3 is 6.18 Å². The van der Waals surface area contributed by atoms with E-state index in [2.05, 4.69) is 6.58 Å². The molecule has 0 bridgehead atoms. The van der Waals surface area contributed by atoms with Crippen molar-refractivity contribution < 1.29 is 22.7 Å². The average Bonchev–Trinajstić information content (AvgIpc) is 2.77. The van der Waals surface area contributed by atoms with Crippen LogP contribution >= 0.6 is 11.8 Å². The molecule has 2 rings (SSSR count). The molecule has 0 spiro atoms. The molecule has 0 aromatic heterocycles. The highest BCUT2D eigenvalue weighted by Gasteiger charge is 2.35. The molecule has 0 unspecified atom stereocenters. The predicted octanol–water partition coefficient (Wildman–Crippen LogP) is 6.51. The maximum atomic E-state index is 13.5. The number of benzene rings is 2. The Hall–Kier alpha value is -3.07. The molecule has 2 N–H and O–H groups in total. The summed E-state index contributed by atoms with van der Waals surface area (Å²) >= 11 is 0.631. The van der Waals surface area contributed by atoms with Crippen molar-refractivity contribution in [2.75, 3.05) is 13.2 Å². The average molecular weight is 478 g/mol. The SMILES string of the molecule is C=CCOc1ccc(C(=N)SC(=N)N(CCCC)C(=O)c2ccccc2C)cc1C(F)(F)F. The van der Waals surface area contributed by atoms with E-state index in [1.807, 2.05) is 6.92 Å². The molecule has 33 heavy (non-hydrogen) atoms. The van der Waals surface area contributed by atoms with Gasteiger partial charge in [-0.25, -0.2) is 0 Å². The van der Waals surface area contributed by atoms with Crippen LogP contribution in [0.5, 0.6) is 5.75 Å². The quantitative estimate of drug-likeness (QED) is 0.258. The van der Waals surface area contributed by atoms with Gasteiger partial charge in [0.1, 0.15) is 17.4 Å². The lowest BCUT2D eigenvalue weighted by Gasteiger charge is -2.23. The minimum absolute atomic E-state index is 0.0261. The van der Waals surface area contributed by atoms with Gasteiger partial charge in [0.25, 0.3) is 5.91 Å². The van der Waals surface area contributed by atoms with E-state index >= 15 is 0 Å². The fourth-order valence-electron chi connectivity index (χ4n) is 2.95. The Balaban J connectivity index is 2.28. The molecule has 1 amide bonds. The zero-order chi connectivity index (χ0) is 24.6. The fourth-order valence-corrected chi connectivity index (χ4v) is 3.67. The van der Waals surface area contributed by atoms with Gasteiger partial charge in [-0.3, -0.25) is 20.5 Å². The van der Waals surface area contributed by atoms with Gasteiger partial charge in [0, 0.05) is 17.7 Å². The van der Waals surface area contributed by atoms with Crippen molar-refractivity contribution in [3.8, 4) is 5.75 Å². The summed E-state index contributed by atoms with van der Waals surface area (Å²) in [4.78, 5) is 14.4. The minimum Gasteiger partial charge on any atom is -0.489 e. The van der Waals surface area contributed by atoms with Gasteiger partial charge in [-0.15, -0.1) is 0 Å². The molecule has 0 fully saturated rings. The Labute approximate surface area is 195 Å². The third-order valence-electron chi connectivity index (χ3n) is 4.70. The summed E-state index contributed by atoms with van der Waals surface area (Å²) in [6.45, 7) is 7.34. The van der Waals surface area contributed by atoms with Crippen LogP contribution in [0.4, 0.5) is 13.2 Å². The lowest BCUT2D eigenvalue weighted by Crippen LogP contribution is -2.36. The van der Waals surface area contributed by atoms with Gasteiger partial charge in [-0.2, -0.15) is 13.2 Å². The van der Waals surface area contributed by atoms with E-state index in [1.165, 1.54) is 17.0 Å². The van der Waals surface area contributed by atoms with Gasteiger partial charge in [0.05, 0.1) is 5.56 Å². The molecule has 0 saturated carbocycles. The smallest absolute Gasteiger partial charge is 0.419 e. The number of rotatable bonds is 8. The number of hydrogen-bond acceptors (Lipinski definition) is 5. The van der Waals surface area contributed by atoms with Crippen LogP contribution in [0, 0.1) is 17.7 Å². The van der Waals surface area contributed by atoms with Crippen molar-refractivity contribution in [3.63, 3.8) is 0 Å². The molecule has 0 heterocycles. The topological polar surface area (TPSA) is 77.2 Å². The van der Waals surface area contributed by atoms with Crippen molar-refractivity contribution in [1.29, 1.82) is 10.8 Å². The molecule has 0 saturated heterocycles. The van der Waals surface area contributed by atoms with Crippen LogP contribution in [-0.4, -0.2) is 34.2 Å². The van der Waals surface area contributed by atoms with Crippen LogP contribution in [-0.2, 0) is 6.18 Å². The predicted molar refractivity (Wildman–Crippen MR) is 126 cm³/mol. The van der Waals surface area contributed by atoms with E-state index in [1.54, 1.807) is 31.2 Å². The first-order valence-electron chi connectivity index (χ1n) is 10.3. The van der Waals surface area contributed by atoms with Crippen LogP contribution in [0.15, 0.2) is 55.1 Å². The maximum absolute atomic E-state index is 13.5. The van der Waals surface area contributed by atoms with E-state index in [4.69, 9.17) is 15.6 Å². The summed E-state index contributed by atoms with van der Waals surface area (Å²) in [5, 5.41) is 16.2. The number of hydrogen-bond donors (Lipinski definition) is 2. The largest absolute Gasteiger partial charge is 0.489 e. The molecule has 0 aliphatic rings. The summed E-state index contributed by atoms with van der Waals surface area (Å²) in [5.74, 6) is -0.741. The number of amides is 1. The van der Waals surface area contributed by atoms with Crippen molar-refractivity contribution >= 4 is 27.9 Å². The summed E-state index contributed by atoms with van der Waals surface area (Å²) in [5.41, 5.74) is 0.148. The van der Waals surface area contributed by atoms with Crippen molar-refractivity contribution in [2.45, 2.75) is 32.9 Å². The molecule has 2 aromatic rings. The van der Waals surface area contributed by atoms with E-state index in [0.29, 0.717) is 23.7 Å². The standard InChI is InChI=1S/C24H26F3N3O2S/c1-4-6-13-30(22(31)18-10-8-7-9-16(18)3)23(29)33-21(28)17-11-12-20(32-14-5-2)19(15-17)24(25,26)27/h5,7-12,15,28-29H,2,4,6,13-14H2,1,3H3. The number of alkyl halides is 3. The molecule has 0 atom stereocenters. The summed E-state index contributed by atoms with van der Waals surface area (Å²) in [6.07, 6.45) is -1.92. The Kier molecular flexibility index (Phi) is 9.28. The van der Waals surface area contributed by atoms with Crippen molar-refractivity contribution in [3.05, 3.63) is 77.4 Å². The number of aryl methyl sites for hydroxylation is 1. The monoisotopic (exact) mass is 477 g/mol. The highest BCUT2D eigenvalue weighted by atomic mass is 32.2. The summed E-state index contributed by atoms with van der Waals surface area (Å²) in [7, 11) is 0. The lowest BCUT2D eigenvalue weighted by molar-refractivity contribution is -0.138. The number of halogens is 3. The maximum Gasteiger partial charge on any atom is 0.419 e. The molecule has 9 heteroatoms. The molecule has 5 nitrogen and oxygen atoms in total. The second-order valence-electron chi connectivity index (χ2n) is 7.17. The lowest BCUT2D eigenvalue weighted by atomic mass is 10.1. The highest BCUT2D eigenvalue weighted by molar-refractivity contribution is 8.26. The number of nitrogens with zero attached hydrogens (tertiary/aromatic N) is 1. The zero-order valence-electron chi connectivity index (χ0n) is 18.5. The van der Waals surface area contributed by atoms with Crippen LogP contribution < -0.4 is 4.74 Å². The van der Waals surface area contributed by atoms with Crippen LogP contribution in [0.1, 0.15) is 46.8 Å². The van der Waals surface area contributed by atoms with Crippen molar-refractivity contribution in [2.24, 2.45) is 0 Å². The minimum atomic E-state index is -4.68. The number of unbranched alkanes of at least 4 members (excludes halogenated alkanes) is 1. The van der Waals surface area contributed by atoms with E-state index in [-0.39, 0.29) is 40.6 Å². The molecular weight excluding hydrogens is 451 g/mol. The molecule has 176 valence electrons. The van der Waals surface area contributed by atoms with Crippen LogP contribution in [0.3, 0.4) is 0 Å². The van der Waals surface area contributed by atoms with Gasteiger partial charge in [0.15, 0.2) is 5.17 Å². The van der Waals surface area contributed by atoms with Gasteiger partial charge in [-0.1, -0.05) is 44.2 Å². The number of thioether (sulfide) groups is 1. The third kappa shape index (κ3) is 6.95. The number of amidine groups is 1. The van der Waals surface area contributed by atoms with Gasteiger partial charge in [0.2, 0.25) is 0 Å². The molecule has 0 aliphatic carbocycles. The first-order chi connectivity index (χ1) is 15.6. The van der Waals surface area contributed by atoms with Crippen LogP contribution in [0.2, 0.25) is 0 Å². The number of carbonyl (C=O) groups excluding carboxylic acids is 1. The van der Waals surface area contributed by atoms with E-state index < -0.39 is 11.7 Å². The first-order valence-corrected chi connectivity index (χ1v) is 11.1. The molecule has 2 aromatic carbocycles. The fraction of sp³-hybridized carbons (Fsp3) is 0.292. The highest BCUT2D eigenvalue weighted by Crippen LogP contribution is 2.37. The summed E-state index contributed by atoms with van der Waals surface area (Å²) in [6, 6.07) is 10.3. The first kappa shape index (κ1) is 26.2. The van der Waals surface area contributed by atoms with Gasteiger partial charge in [-0.05, 0) is 54.9 Å². The normalized spacial score (nSPS) is 11.1. The second-order valence-corrected chi connectivity index (χ2v) is 8.17. The molecule has 0 aliphatic heterocycles. The van der Waals surface area contributed by atoms with Crippen molar-refractivity contribution in [1.82, 2.24) is 4.90 Å². The van der Waals surface area contributed by atoms with Crippen LogP contribution in [0.25, 0.3) is 0 Å². The van der Waals surface area contributed by atoms with E-state index in [9.17, 15) is 18.0 Å². The Morgan fingerprint density at radius 1 is 1.21 bits per heavy atom. The second kappa shape index (κ2) is 11.7. The number of carbonyl (C=O) groups is 1. The third-order valence-corrected chi connectivity index (χ3v) is 5.56. The Morgan fingerprint density at radius 2 is 1.91 bits per heavy atom. The van der Waals surface area contributed by atoms with E-state index in [0.717, 1.165) is 24.1 Å².